The number of anilines is 2. The van der Waals surface area contributed by atoms with Gasteiger partial charge in [0, 0.05) is 36.9 Å². The highest BCUT2D eigenvalue weighted by Gasteiger charge is 2.27. The van der Waals surface area contributed by atoms with Gasteiger partial charge < -0.3 is 24.6 Å². The average molecular weight is 452 g/mol. The van der Waals surface area contributed by atoms with Crippen LogP contribution in [0.2, 0.25) is 0 Å². The van der Waals surface area contributed by atoms with Crippen LogP contribution in [0.25, 0.3) is 0 Å². The maximum atomic E-state index is 12.0. The quantitative estimate of drug-likeness (QED) is 0.142. The van der Waals surface area contributed by atoms with E-state index in [1.54, 1.807) is 0 Å². The van der Waals surface area contributed by atoms with Gasteiger partial charge in [-0.05, 0) is 42.8 Å². The maximum absolute atomic E-state index is 12.0. The molecule has 1 aromatic rings. The van der Waals surface area contributed by atoms with Crippen LogP contribution >= 0.6 is 24.2 Å². The molecular weight excluding hydrogens is 426 g/mol. The van der Waals surface area contributed by atoms with Gasteiger partial charge in [-0.1, -0.05) is 11.6 Å². The van der Waals surface area contributed by atoms with E-state index in [0.717, 1.165) is 30.6 Å². The fourth-order valence-electron chi connectivity index (χ4n) is 2.99. The van der Waals surface area contributed by atoms with Crippen molar-refractivity contribution in [2.24, 2.45) is 0 Å². The van der Waals surface area contributed by atoms with Gasteiger partial charge in [-0.15, -0.1) is 12.6 Å². The van der Waals surface area contributed by atoms with Gasteiger partial charge >= 0.3 is 5.97 Å². The first-order valence-electron chi connectivity index (χ1n) is 9.58. The van der Waals surface area contributed by atoms with Gasteiger partial charge in [0.1, 0.15) is 18.9 Å². The number of carbonyl (C=O) groups excluding carboxylic acids is 3. The summed E-state index contributed by atoms with van der Waals surface area (Å²) in [6, 6.07) is 7.87. The van der Waals surface area contributed by atoms with Gasteiger partial charge in [0.25, 0.3) is 5.91 Å². The maximum Gasteiger partial charge on any atom is 0.325 e. The minimum absolute atomic E-state index is 0.150. The van der Waals surface area contributed by atoms with Gasteiger partial charge in [0.2, 0.25) is 0 Å². The van der Waals surface area contributed by atoms with Crippen LogP contribution in [0.5, 0.6) is 0 Å². The Morgan fingerprint density at radius 2 is 2.13 bits per heavy atom. The zero-order valence-corrected chi connectivity index (χ0v) is 18.4. The number of thiol groups is 1. The summed E-state index contributed by atoms with van der Waals surface area (Å²) >= 11 is 9.53. The molecule has 0 aliphatic carbocycles. The van der Waals surface area contributed by atoms with E-state index in [-0.39, 0.29) is 29.9 Å². The Hall–Kier alpha value is -2.45. The van der Waals surface area contributed by atoms with Crippen molar-refractivity contribution in [3.05, 3.63) is 46.9 Å². The van der Waals surface area contributed by atoms with E-state index in [2.05, 4.69) is 22.8 Å². The van der Waals surface area contributed by atoms with E-state index < -0.39 is 6.10 Å². The second-order valence-electron chi connectivity index (χ2n) is 6.82. The molecule has 1 saturated heterocycles. The minimum atomic E-state index is -0.467. The zero-order chi connectivity index (χ0) is 21.9. The largest absolute Gasteiger partial charge is 0.457 e. The number of allylic oxidation sites excluding steroid dienone is 2. The fourth-order valence-corrected chi connectivity index (χ4v) is 3.23. The molecule has 0 saturated carbocycles. The monoisotopic (exact) mass is 451 g/mol. The molecule has 9 heteroatoms. The SMILES string of the molecule is CN(CCCC=O)c1ccc(N2CC(=O)O[C@@H](CNC(=O)/C(S)=C/C=C/Cl)C2)cc1. The molecule has 1 N–H and O–H groups in total. The summed E-state index contributed by atoms with van der Waals surface area (Å²) in [5, 5.41) is 2.71. The number of morpholine rings is 1. The Kier molecular flexibility index (Phi) is 9.76. The smallest absolute Gasteiger partial charge is 0.325 e. The lowest BCUT2D eigenvalue weighted by Crippen LogP contribution is -2.50. The standard InChI is InChI=1S/C21H26ClN3O4S/c1-24(11-2-3-12-26)16-6-8-17(9-7-16)25-14-18(29-20(27)15-25)13-23-21(28)19(30)5-4-10-22/h4-10,12,18,30H,2-3,11,13-15H2,1H3,(H,23,28)/b10-4+,19-5-/t18-/m0/s1. The molecule has 0 aromatic heterocycles. The first-order chi connectivity index (χ1) is 14.4. The summed E-state index contributed by atoms with van der Waals surface area (Å²) in [5.41, 5.74) is 3.21. The molecular formula is C21H26ClN3O4S. The summed E-state index contributed by atoms with van der Waals surface area (Å²) in [5.74, 6) is -0.717. The number of halogens is 1. The van der Waals surface area contributed by atoms with Crippen molar-refractivity contribution >= 4 is 53.8 Å². The van der Waals surface area contributed by atoms with Crippen LogP contribution in [-0.4, -0.2) is 57.5 Å². The molecule has 2 rings (SSSR count). The molecule has 1 aliphatic rings. The number of rotatable bonds is 10. The van der Waals surface area contributed by atoms with E-state index in [1.165, 1.54) is 17.7 Å². The lowest BCUT2D eigenvalue weighted by atomic mass is 10.2. The Labute approximate surface area is 187 Å². The molecule has 7 nitrogen and oxygen atoms in total. The molecule has 30 heavy (non-hydrogen) atoms. The number of hydrogen-bond acceptors (Lipinski definition) is 7. The lowest BCUT2D eigenvalue weighted by molar-refractivity contribution is -0.150. The average Bonchev–Trinajstić information content (AvgIpc) is 2.75. The molecule has 1 amide bonds. The van der Waals surface area contributed by atoms with Crippen molar-refractivity contribution in [3.63, 3.8) is 0 Å². The molecule has 1 heterocycles. The summed E-state index contributed by atoms with van der Waals surface area (Å²) < 4.78 is 5.35. The summed E-state index contributed by atoms with van der Waals surface area (Å²) in [4.78, 5) is 38.7. The fraction of sp³-hybridized carbons (Fsp3) is 0.381. The number of nitrogens with zero attached hydrogens (tertiary/aromatic N) is 2. The Morgan fingerprint density at radius 3 is 2.80 bits per heavy atom. The summed E-state index contributed by atoms with van der Waals surface area (Å²) in [6.45, 7) is 1.59. The van der Waals surface area contributed by atoms with Crippen molar-refractivity contribution < 1.29 is 19.1 Å². The van der Waals surface area contributed by atoms with E-state index in [9.17, 15) is 14.4 Å². The number of esters is 1. The van der Waals surface area contributed by atoms with Crippen molar-refractivity contribution in [2.75, 3.05) is 43.0 Å². The van der Waals surface area contributed by atoms with Gasteiger partial charge in [-0.2, -0.15) is 0 Å². The van der Waals surface area contributed by atoms with Gasteiger partial charge in [-0.25, -0.2) is 0 Å². The Bertz CT molecular complexity index is 798. The molecule has 1 fully saturated rings. The van der Waals surface area contributed by atoms with Crippen LogP contribution < -0.4 is 15.1 Å². The van der Waals surface area contributed by atoms with Crippen LogP contribution in [0.4, 0.5) is 11.4 Å². The van der Waals surface area contributed by atoms with E-state index >= 15 is 0 Å². The van der Waals surface area contributed by atoms with Gasteiger partial charge in [0.15, 0.2) is 0 Å². The molecule has 1 aromatic carbocycles. The highest BCUT2D eigenvalue weighted by Crippen LogP contribution is 2.22. The normalized spacial score (nSPS) is 17.0. The highest BCUT2D eigenvalue weighted by atomic mass is 35.5. The molecule has 1 aliphatic heterocycles. The zero-order valence-electron chi connectivity index (χ0n) is 16.8. The molecule has 0 radical (unpaired) electrons. The van der Waals surface area contributed by atoms with Crippen molar-refractivity contribution in [2.45, 2.75) is 18.9 Å². The number of amides is 1. The molecule has 162 valence electrons. The predicted octanol–water partition coefficient (Wildman–Crippen LogP) is 2.52. The second kappa shape index (κ2) is 12.3. The first-order valence-corrected chi connectivity index (χ1v) is 10.5. The topological polar surface area (TPSA) is 79.0 Å². The minimum Gasteiger partial charge on any atom is -0.457 e. The van der Waals surface area contributed by atoms with Crippen LogP contribution in [0.1, 0.15) is 12.8 Å². The van der Waals surface area contributed by atoms with E-state index in [4.69, 9.17) is 16.3 Å². The summed E-state index contributed by atoms with van der Waals surface area (Å²) in [6.07, 6.45) is 4.78. The number of benzene rings is 1. The van der Waals surface area contributed by atoms with E-state index in [1.807, 2.05) is 36.2 Å². The third kappa shape index (κ3) is 7.42. The Morgan fingerprint density at radius 1 is 1.40 bits per heavy atom. The van der Waals surface area contributed by atoms with Crippen LogP contribution in [0.15, 0.2) is 46.9 Å². The first kappa shape index (κ1) is 23.8. The number of aldehydes is 1. The highest BCUT2D eigenvalue weighted by molar-refractivity contribution is 7.85. The number of unbranched alkanes of at least 4 members (excludes halogenated alkanes) is 1. The Balaban J connectivity index is 1.94. The third-order valence-corrected chi connectivity index (χ3v) is 5.06. The third-order valence-electron chi connectivity index (χ3n) is 4.56. The van der Waals surface area contributed by atoms with Crippen molar-refractivity contribution in [1.29, 1.82) is 0 Å². The van der Waals surface area contributed by atoms with Crippen molar-refractivity contribution in [3.8, 4) is 0 Å². The number of ether oxygens (including phenoxy) is 1. The van der Waals surface area contributed by atoms with Gasteiger partial charge in [0.05, 0.1) is 18.0 Å². The van der Waals surface area contributed by atoms with E-state index in [0.29, 0.717) is 13.0 Å². The number of hydrogen-bond donors (Lipinski definition) is 2. The molecule has 0 spiro atoms. The second-order valence-corrected chi connectivity index (χ2v) is 7.55. The summed E-state index contributed by atoms with van der Waals surface area (Å²) in [7, 11) is 1.98. The lowest BCUT2D eigenvalue weighted by Gasteiger charge is -2.34. The number of carbonyl (C=O) groups is 3. The molecule has 0 bridgehead atoms. The van der Waals surface area contributed by atoms with Gasteiger partial charge in [-0.3, -0.25) is 9.59 Å². The number of cyclic esters (lactones) is 1. The predicted molar refractivity (Wildman–Crippen MR) is 122 cm³/mol. The van der Waals surface area contributed by atoms with Crippen LogP contribution in [-0.2, 0) is 19.1 Å². The van der Waals surface area contributed by atoms with Crippen LogP contribution in [0.3, 0.4) is 0 Å². The molecule has 1 atom stereocenters. The number of nitrogens with one attached hydrogen (secondary N) is 1. The van der Waals surface area contributed by atoms with Crippen LogP contribution in [0, 0.1) is 0 Å². The van der Waals surface area contributed by atoms with Crippen molar-refractivity contribution in [1.82, 2.24) is 5.32 Å². The molecule has 0 unspecified atom stereocenters.